The Hall–Kier alpha value is -0.650. The molecule has 0 aliphatic carbocycles. The molecule has 0 bridgehead atoms. The smallest absolute Gasteiger partial charge is 0.150 e. The summed E-state index contributed by atoms with van der Waals surface area (Å²) in [5.41, 5.74) is 0.655. The highest BCUT2D eigenvalue weighted by Gasteiger charge is 2.35. The van der Waals surface area contributed by atoms with E-state index in [1.807, 2.05) is 6.92 Å². The Balaban J connectivity index is 2.30. The van der Waals surface area contributed by atoms with Crippen LogP contribution in [0.25, 0.3) is 0 Å². The van der Waals surface area contributed by atoms with Gasteiger partial charge in [-0.2, -0.15) is 0 Å². The fourth-order valence-corrected chi connectivity index (χ4v) is 4.75. The minimum Gasteiger partial charge on any atom is -0.310 e. The van der Waals surface area contributed by atoms with Gasteiger partial charge in [0.2, 0.25) is 0 Å². The van der Waals surface area contributed by atoms with E-state index in [9.17, 15) is 12.8 Å². The summed E-state index contributed by atoms with van der Waals surface area (Å²) in [6.45, 7) is 2.77. The van der Waals surface area contributed by atoms with Gasteiger partial charge < -0.3 is 5.32 Å². The van der Waals surface area contributed by atoms with Gasteiger partial charge in [-0.05, 0) is 49.1 Å². The molecule has 0 saturated carbocycles. The first-order valence-electron chi connectivity index (χ1n) is 6.81. The molecular formula is C14H19ClFNO2S. The van der Waals surface area contributed by atoms with Crippen LogP contribution < -0.4 is 5.32 Å². The fourth-order valence-electron chi connectivity index (χ4n) is 2.67. The topological polar surface area (TPSA) is 46.2 Å². The van der Waals surface area contributed by atoms with Crippen LogP contribution in [0.4, 0.5) is 4.39 Å². The first kappa shape index (κ1) is 15.7. The van der Waals surface area contributed by atoms with Gasteiger partial charge in [0.25, 0.3) is 0 Å². The second-order valence-corrected chi connectivity index (χ2v) is 7.90. The predicted molar refractivity (Wildman–Crippen MR) is 79.2 cm³/mol. The maximum atomic E-state index is 13.5. The normalized spacial score (nSPS) is 22.9. The minimum absolute atomic E-state index is 0.0501. The molecule has 0 amide bonds. The number of hydrogen-bond acceptors (Lipinski definition) is 3. The van der Waals surface area contributed by atoms with Gasteiger partial charge in [-0.3, -0.25) is 0 Å². The van der Waals surface area contributed by atoms with Gasteiger partial charge in [0, 0.05) is 11.1 Å². The van der Waals surface area contributed by atoms with Crippen LogP contribution >= 0.6 is 11.6 Å². The van der Waals surface area contributed by atoms with Crippen LogP contribution in [-0.4, -0.2) is 26.5 Å². The van der Waals surface area contributed by atoms with E-state index in [4.69, 9.17) is 11.6 Å². The Morgan fingerprint density at radius 1 is 1.50 bits per heavy atom. The Labute approximate surface area is 124 Å². The quantitative estimate of drug-likeness (QED) is 0.907. The molecule has 1 fully saturated rings. The van der Waals surface area contributed by atoms with Crippen LogP contribution in [0, 0.1) is 11.7 Å². The second kappa shape index (κ2) is 6.41. The van der Waals surface area contributed by atoms with Crippen LogP contribution in [0.2, 0.25) is 5.02 Å². The van der Waals surface area contributed by atoms with Gasteiger partial charge in [-0.15, -0.1) is 0 Å². The molecule has 6 heteroatoms. The van der Waals surface area contributed by atoms with Crippen molar-refractivity contribution in [2.75, 3.05) is 18.1 Å². The summed E-state index contributed by atoms with van der Waals surface area (Å²) < 4.78 is 36.8. The lowest BCUT2D eigenvalue weighted by atomic mass is 9.92. The van der Waals surface area contributed by atoms with E-state index in [1.54, 1.807) is 0 Å². The van der Waals surface area contributed by atoms with Crippen LogP contribution in [0.15, 0.2) is 18.2 Å². The predicted octanol–water partition coefficient (Wildman–Crippen LogP) is 2.95. The molecule has 0 radical (unpaired) electrons. The summed E-state index contributed by atoms with van der Waals surface area (Å²) in [5.74, 6) is -0.0599. The van der Waals surface area contributed by atoms with Crippen molar-refractivity contribution in [3.8, 4) is 0 Å². The number of benzene rings is 1. The van der Waals surface area contributed by atoms with Crippen LogP contribution in [-0.2, 0) is 9.84 Å². The zero-order valence-corrected chi connectivity index (χ0v) is 13.0. The van der Waals surface area contributed by atoms with Gasteiger partial charge in [0.1, 0.15) is 5.82 Å². The Bertz CT molecular complexity index is 577. The Kier molecular flexibility index (Phi) is 5.04. The molecule has 1 heterocycles. The third kappa shape index (κ3) is 3.71. The molecule has 1 aromatic carbocycles. The number of halogens is 2. The molecular weight excluding hydrogens is 301 g/mol. The largest absolute Gasteiger partial charge is 0.310 e. The number of rotatable bonds is 5. The van der Waals surface area contributed by atoms with Gasteiger partial charge in [-0.25, -0.2) is 12.8 Å². The highest BCUT2D eigenvalue weighted by atomic mass is 35.5. The lowest BCUT2D eigenvalue weighted by Gasteiger charge is -2.25. The molecule has 20 heavy (non-hydrogen) atoms. The van der Waals surface area contributed by atoms with Crippen molar-refractivity contribution in [3.63, 3.8) is 0 Å². The average molecular weight is 320 g/mol. The summed E-state index contributed by atoms with van der Waals surface area (Å²) >= 11 is 6.16. The van der Waals surface area contributed by atoms with E-state index in [-0.39, 0.29) is 29.3 Å². The maximum Gasteiger partial charge on any atom is 0.150 e. The van der Waals surface area contributed by atoms with E-state index in [2.05, 4.69) is 5.32 Å². The zero-order valence-electron chi connectivity index (χ0n) is 11.4. The summed E-state index contributed by atoms with van der Waals surface area (Å²) in [7, 11) is -2.97. The van der Waals surface area contributed by atoms with Gasteiger partial charge >= 0.3 is 0 Å². The molecule has 112 valence electrons. The molecule has 1 aromatic rings. The monoisotopic (exact) mass is 319 g/mol. The number of hydrogen-bond donors (Lipinski definition) is 1. The molecule has 1 aliphatic rings. The van der Waals surface area contributed by atoms with Crippen molar-refractivity contribution in [1.82, 2.24) is 5.32 Å². The van der Waals surface area contributed by atoms with Gasteiger partial charge in [0.05, 0.1) is 11.5 Å². The first-order chi connectivity index (χ1) is 9.43. The molecule has 2 unspecified atom stereocenters. The van der Waals surface area contributed by atoms with E-state index in [0.717, 1.165) is 13.0 Å². The second-order valence-electron chi connectivity index (χ2n) is 5.26. The van der Waals surface area contributed by atoms with Gasteiger partial charge in [-0.1, -0.05) is 18.5 Å². The van der Waals surface area contributed by atoms with E-state index >= 15 is 0 Å². The minimum atomic E-state index is -2.97. The maximum absolute atomic E-state index is 13.5. The summed E-state index contributed by atoms with van der Waals surface area (Å²) in [6.07, 6.45) is 1.51. The van der Waals surface area contributed by atoms with E-state index in [0.29, 0.717) is 17.0 Å². The van der Waals surface area contributed by atoms with Crippen LogP contribution in [0.3, 0.4) is 0 Å². The van der Waals surface area contributed by atoms with Crippen molar-refractivity contribution in [2.24, 2.45) is 5.92 Å². The Morgan fingerprint density at radius 3 is 2.85 bits per heavy atom. The lowest BCUT2D eigenvalue weighted by Crippen LogP contribution is -2.30. The van der Waals surface area contributed by atoms with Crippen molar-refractivity contribution in [2.45, 2.75) is 25.8 Å². The van der Waals surface area contributed by atoms with Crippen LogP contribution in [0.1, 0.15) is 31.4 Å². The average Bonchev–Trinajstić information content (AvgIpc) is 2.74. The van der Waals surface area contributed by atoms with Crippen molar-refractivity contribution in [3.05, 3.63) is 34.6 Å². The number of nitrogens with one attached hydrogen (secondary N) is 1. The van der Waals surface area contributed by atoms with Crippen molar-refractivity contribution in [1.29, 1.82) is 0 Å². The molecule has 0 aromatic heterocycles. The molecule has 1 N–H and O–H groups in total. The molecule has 2 atom stereocenters. The van der Waals surface area contributed by atoms with E-state index < -0.39 is 9.84 Å². The Morgan fingerprint density at radius 2 is 2.25 bits per heavy atom. The highest BCUT2D eigenvalue weighted by Crippen LogP contribution is 2.35. The fraction of sp³-hybridized carbons (Fsp3) is 0.571. The summed E-state index contributed by atoms with van der Waals surface area (Å²) in [5, 5.41) is 3.79. The summed E-state index contributed by atoms with van der Waals surface area (Å²) in [4.78, 5) is 0. The zero-order chi connectivity index (χ0) is 14.8. The number of sulfone groups is 1. The molecule has 1 aliphatic heterocycles. The molecule has 2 rings (SSSR count). The van der Waals surface area contributed by atoms with Crippen molar-refractivity contribution >= 4 is 21.4 Å². The van der Waals surface area contributed by atoms with Gasteiger partial charge in [0.15, 0.2) is 9.84 Å². The summed E-state index contributed by atoms with van der Waals surface area (Å²) in [6, 6.07) is 4.03. The van der Waals surface area contributed by atoms with E-state index in [1.165, 1.54) is 18.2 Å². The standard InChI is InChI=1S/C14H19ClFNO2S/c1-2-6-17-14(10-5-7-20(18,19)9-10)12-8-11(16)3-4-13(12)15/h3-4,8,10,14,17H,2,5-7,9H2,1H3. The SMILES string of the molecule is CCCNC(c1cc(F)ccc1Cl)C1CCS(=O)(=O)C1. The van der Waals surface area contributed by atoms with Crippen LogP contribution in [0.5, 0.6) is 0 Å². The highest BCUT2D eigenvalue weighted by molar-refractivity contribution is 7.91. The molecule has 0 spiro atoms. The third-order valence-electron chi connectivity index (χ3n) is 3.65. The molecule has 1 saturated heterocycles. The van der Waals surface area contributed by atoms with Crippen molar-refractivity contribution < 1.29 is 12.8 Å². The lowest BCUT2D eigenvalue weighted by molar-refractivity contribution is 0.391. The third-order valence-corrected chi connectivity index (χ3v) is 5.78. The first-order valence-corrected chi connectivity index (χ1v) is 9.01. The molecule has 3 nitrogen and oxygen atoms in total.